The van der Waals surface area contributed by atoms with Crippen LogP contribution < -0.4 is 0 Å². The van der Waals surface area contributed by atoms with Crippen LogP contribution in [0.5, 0.6) is 0 Å². The predicted octanol–water partition coefficient (Wildman–Crippen LogP) is 4.45. The van der Waals surface area contributed by atoms with E-state index >= 15 is 4.39 Å². The Kier molecular flexibility index (Phi) is 7.02. The molecule has 0 aliphatic carbocycles. The van der Waals surface area contributed by atoms with Crippen molar-refractivity contribution >= 4 is 35.1 Å². The highest BCUT2D eigenvalue weighted by Crippen LogP contribution is 2.52. The zero-order valence-electron chi connectivity index (χ0n) is 18.2. The van der Waals surface area contributed by atoms with Crippen LogP contribution in [0.1, 0.15) is 12.0 Å². The molecule has 2 aromatic rings. The number of hydrogen-bond acceptors (Lipinski definition) is 5. The van der Waals surface area contributed by atoms with Gasteiger partial charge >= 0.3 is 12.1 Å². The van der Waals surface area contributed by atoms with Crippen molar-refractivity contribution in [3.63, 3.8) is 0 Å². The second kappa shape index (κ2) is 9.57. The lowest BCUT2D eigenvalue weighted by molar-refractivity contribution is -0.216. The Labute approximate surface area is 208 Å². The quantitative estimate of drug-likeness (QED) is 0.322. The van der Waals surface area contributed by atoms with Gasteiger partial charge in [-0.2, -0.15) is 13.2 Å². The number of carbonyl (C=O) groups is 2. The molecule has 2 heterocycles. The van der Waals surface area contributed by atoms with Gasteiger partial charge in [0.05, 0.1) is 13.2 Å². The first-order valence-electron chi connectivity index (χ1n) is 10.7. The van der Waals surface area contributed by atoms with E-state index in [9.17, 15) is 22.8 Å². The number of hydrazine groups is 1. The fraction of sp³-hybridized carbons (Fsp3) is 0.391. The van der Waals surface area contributed by atoms with E-state index in [1.807, 2.05) is 0 Å². The van der Waals surface area contributed by atoms with Crippen LogP contribution in [0.2, 0.25) is 0 Å². The van der Waals surface area contributed by atoms with Crippen LogP contribution in [-0.2, 0) is 23.4 Å². The first-order valence-corrected chi connectivity index (χ1v) is 11.4. The van der Waals surface area contributed by atoms with E-state index in [-0.39, 0.29) is 44.0 Å². The summed E-state index contributed by atoms with van der Waals surface area (Å²) in [5.74, 6) is -4.43. The lowest BCUT2D eigenvalue weighted by Gasteiger charge is -2.40. The third kappa shape index (κ3) is 4.72. The molecule has 0 N–H and O–H groups in total. The molecule has 0 aromatic heterocycles. The van der Waals surface area contributed by atoms with Crippen molar-refractivity contribution in [2.75, 3.05) is 32.8 Å². The molecule has 1 amide bonds. The Bertz CT molecular complexity index is 1110. The summed E-state index contributed by atoms with van der Waals surface area (Å²) in [5, 5.41) is 2.72. The summed E-state index contributed by atoms with van der Waals surface area (Å²) in [4.78, 5) is 25.4. The number of hydrogen-bond donors (Lipinski definition) is 0. The molecule has 0 radical (unpaired) electrons. The number of morpholine rings is 1. The van der Waals surface area contributed by atoms with E-state index in [0.29, 0.717) is 5.56 Å². The van der Waals surface area contributed by atoms with Crippen LogP contribution in [0.25, 0.3) is 11.1 Å². The van der Waals surface area contributed by atoms with Gasteiger partial charge in [0.2, 0.25) is 5.60 Å². The van der Waals surface area contributed by atoms with Gasteiger partial charge in [-0.15, -0.1) is 0 Å². The van der Waals surface area contributed by atoms with Crippen molar-refractivity contribution in [2.24, 2.45) is 0 Å². The zero-order valence-corrected chi connectivity index (χ0v) is 19.7. The fourth-order valence-electron chi connectivity index (χ4n) is 4.21. The number of nitrogens with zero attached hydrogens (tertiary/aromatic N) is 2. The molecule has 188 valence electrons. The van der Waals surface area contributed by atoms with Gasteiger partial charge in [0.1, 0.15) is 5.82 Å². The molecule has 35 heavy (non-hydrogen) atoms. The smallest absolute Gasteiger partial charge is 0.438 e. The van der Waals surface area contributed by atoms with Crippen molar-refractivity contribution in [3.05, 3.63) is 59.9 Å². The lowest BCUT2D eigenvalue weighted by atomic mass is 9.90. The molecular formula is C23H20Cl2F4N2O4. The molecule has 2 saturated heterocycles. The summed E-state index contributed by atoms with van der Waals surface area (Å²) >= 11 is 13.1. The van der Waals surface area contributed by atoms with E-state index < -0.39 is 40.2 Å². The number of benzene rings is 2. The molecule has 2 aliphatic heterocycles. The normalized spacial score (nSPS) is 21.9. The highest BCUT2D eigenvalue weighted by molar-refractivity contribution is 6.50. The average molecular weight is 535 g/mol. The molecule has 4 rings (SSSR count). The summed E-state index contributed by atoms with van der Waals surface area (Å²) in [6.07, 6.45) is -5.86. The first kappa shape index (κ1) is 25.7. The Morgan fingerprint density at radius 3 is 2.29 bits per heavy atom. The molecule has 6 nitrogen and oxygen atoms in total. The van der Waals surface area contributed by atoms with Crippen LogP contribution in [0.15, 0.2) is 48.5 Å². The number of rotatable bonds is 5. The van der Waals surface area contributed by atoms with Crippen molar-refractivity contribution in [1.29, 1.82) is 0 Å². The third-order valence-electron chi connectivity index (χ3n) is 6.01. The van der Waals surface area contributed by atoms with E-state index in [2.05, 4.69) is 0 Å². The Morgan fingerprint density at radius 1 is 1.03 bits per heavy atom. The van der Waals surface area contributed by atoms with Crippen molar-refractivity contribution in [3.8, 4) is 11.1 Å². The molecular weight excluding hydrogens is 515 g/mol. The molecule has 0 spiro atoms. The van der Waals surface area contributed by atoms with E-state index in [0.717, 1.165) is 11.1 Å². The summed E-state index contributed by atoms with van der Waals surface area (Å²) < 4.78 is 62.1. The van der Waals surface area contributed by atoms with E-state index in [1.165, 1.54) is 12.1 Å². The Morgan fingerprint density at radius 2 is 1.69 bits per heavy atom. The molecule has 12 heteroatoms. The van der Waals surface area contributed by atoms with Crippen LogP contribution >= 0.6 is 23.2 Å². The molecule has 2 fully saturated rings. The number of ether oxygens (including phenoxy) is 2. The van der Waals surface area contributed by atoms with Gasteiger partial charge in [0, 0.05) is 31.6 Å². The van der Waals surface area contributed by atoms with Gasteiger partial charge in [-0.05, 0) is 17.2 Å². The van der Waals surface area contributed by atoms with Gasteiger partial charge in [0.15, 0.2) is 4.33 Å². The third-order valence-corrected chi connectivity index (χ3v) is 7.05. The molecule has 0 unspecified atom stereocenters. The maximum atomic E-state index is 15.1. The topological polar surface area (TPSA) is 59.1 Å². The van der Waals surface area contributed by atoms with Gasteiger partial charge in [-0.3, -0.25) is 9.80 Å². The highest BCUT2D eigenvalue weighted by Gasteiger charge is 2.66. The largest absolute Gasteiger partial charge is 0.490 e. The minimum atomic E-state index is -5.41. The van der Waals surface area contributed by atoms with Gasteiger partial charge in [-0.25, -0.2) is 14.2 Å². The Balaban J connectivity index is 1.74. The second-order valence-corrected chi connectivity index (χ2v) is 9.42. The second-order valence-electron chi connectivity index (χ2n) is 8.09. The number of halogens is 6. The summed E-state index contributed by atoms with van der Waals surface area (Å²) in [5.41, 5.74) is -2.15. The number of carbonyl (C=O) groups excluding carboxylic acids is 2. The SMILES string of the molecule is O=C(O[C@]1(C(Cl)(Cl)c2ccc(-c3ccccc3)c(F)c2)CCN(N2CCOCC2)C1=O)C(F)(F)F. The van der Waals surface area contributed by atoms with Crippen molar-refractivity contribution < 1.29 is 36.6 Å². The van der Waals surface area contributed by atoms with Crippen LogP contribution in [0, 0.1) is 5.82 Å². The van der Waals surface area contributed by atoms with E-state index in [1.54, 1.807) is 35.3 Å². The van der Waals surface area contributed by atoms with Crippen LogP contribution in [0.3, 0.4) is 0 Å². The fourth-order valence-corrected chi connectivity index (χ4v) is 4.87. The average Bonchev–Trinajstić information content (AvgIpc) is 3.17. The predicted molar refractivity (Wildman–Crippen MR) is 119 cm³/mol. The number of alkyl halides is 5. The molecule has 0 bridgehead atoms. The molecule has 2 aliphatic rings. The molecule has 0 saturated carbocycles. The summed E-state index contributed by atoms with van der Waals surface area (Å²) in [7, 11) is 0. The van der Waals surface area contributed by atoms with Crippen LogP contribution in [0.4, 0.5) is 17.6 Å². The maximum absolute atomic E-state index is 15.1. The molecule has 1 atom stereocenters. The van der Waals surface area contributed by atoms with E-state index in [4.69, 9.17) is 32.7 Å². The molecule has 2 aromatic carbocycles. The zero-order chi connectivity index (χ0) is 25.4. The van der Waals surface area contributed by atoms with Crippen molar-refractivity contribution in [2.45, 2.75) is 22.5 Å². The van der Waals surface area contributed by atoms with Crippen LogP contribution in [-0.4, -0.2) is 66.5 Å². The summed E-state index contributed by atoms with van der Waals surface area (Å²) in [6, 6.07) is 12.1. The first-order chi connectivity index (χ1) is 16.5. The van der Waals surface area contributed by atoms with Gasteiger partial charge in [-0.1, -0.05) is 65.7 Å². The Hall–Kier alpha value is -2.40. The minimum Gasteiger partial charge on any atom is -0.438 e. The van der Waals surface area contributed by atoms with Gasteiger partial charge < -0.3 is 9.47 Å². The number of esters is 1. The lowest BCUT2D eigenvalue weighted by Crippen LogP contribution is -2.59. The van der Waals surface area contributed by atoms with Crippen molar-refractivity contribution in [1.82, 2.24) is 10.0 Å². The highest BCUT2D eigenvalue weighted by atomic mass is 35.5. The monoisotopic (exact) mass is 534 g/mol. The summed E-state index contributed by atoms with van der Waals surface area (Å²) in [6.45, 7) is 1.03. The maximum Gasteiger partial charge on any atom is 0.490 e. The number of amides is 1. The minimum absolute atomic E-state index is 0.115. The van der Waals surface area contributed by atoms with Gasteiger partial charge in [0.25, 0.3) is 5.91 Å². The standard InChI is InChI=1S/C23H20Cl2F4N2O4/c24-22(25,16-6-7-17(18(26)14-16)15-4-2-1-3-5-15)21(35-20(33)23(27,28)29)8-9-31(19(21)32)30-10-12-34-13-11-30/h1-7,14H,8-13H2/t21-/m1/s1.